The van der Waals surface area contributed by atoms with E-state index in [9.17, 15) is 0 Å². The number of hydrogen-bond donors (Lipinski definition) is 0. The van der Waals surface area contributed by atoms with Crippen LogP contribution in [0.1, 0.15) is 51.5 Å². The van der Waals surface area contributed by atoms with Crippen LogP contribution in [0.3, 0.4) is 0 Å². The summed E-state index contributed by atoms with van der Waals surface area (Å²) in [4.78, 5) is 2.47. The summed E-state index contributed by atoms with van der Waals surface area (Å²) >= 11 is 3.68. The molecule has 1 aliphatic rings. The molecule has 0 bridgehead atoms. The van der Waals surface area contributed by atoms with Crippen molar-refractivity contribution in [2.75, 3.05) is 11.9 Å². The minimum atomic E-state index is 0.475. The third-order valence-electron chi connectivity index (χ3n) is 4.42. The fraction of sp³-hybridized carbons (Fsp3) is 0.524. The van der Waals surface area contributed by atoms with E-state index in [1.165, 1.54) is 24.0 Å². The van der Waals surface area contributed by atoms with Crippen molar-refractivity contribution < 1.29 is 4.74 Å². The highest BCUT2D eigenvalue weighted by Gasteiger charge is 2.29. The first-order valence-electron chi connectivity index (χ1n) is 9.18. The maximum atomic E-state index is 6.26. The molecule has 1 saturated heterocycles. The molecule has 1 aromatic rings. The van der Waals surface area contributed by atoms with Crippen LogP contribution >= 0.6 is 15.9 Å². The number of likely N-dealkylation sites (tertiary alicyclic amines) is 1. The van der Waals surface area contributed by atoms with Crippen molar-refractivity contribution in [3.05, 3.63) is 59.5 Å². The molecular formula is C21H30BrNO. The second-order valence-electron chi connectivity index (χ2n) is 6.28. The first kappa shape index (κ1) is 19.1. The molecule has 1 fully saturated rings. The van der Waals surface area contributed by atoms with Gasteiger partial charge in [0.05, 0.1) is 6.04 Å². The number of allylic oxidation sites excluding steroid dienone is 2. The molecule has 0 saturated carbocycles. The Kier molecular flexibility index (Phi) is 8.44. The molecule has 1 aromatic carbocycles. The maximum Gasteiger partial charge on any atom is 0.185 e. The van der Waals surface area contributed by atoms with Gasteiger partial charge in [-0.2, -0.15) is 0 Å². The Morgan fingerprint density at radius 2 is 2.04 bits per heavy atom. The van der Waals surface area contributed by atoms with E-state index in [0.29, 0.717) is 12.6 Å². The first-order valence-corrected chi connectivity index (χ1v) is 10.3. The van der Waals surface area contributed by atoms with Gasteiger partial charge in [0.1, 0.15) is 6.61 Å². The minimum Gasteiger partial charge on any atom is -0.474 e. The fourth-order valence-electron chi connectivity index (χ4n) is 3.22. The average molecular weight is 392 g/mol. The number of alkyl halides is 1. The molecule has 0 aromatic heterocycles. The number of benzene rings is 1. The Morgan fingerprint density at radius 1 is 1.25 bits per heavy atom. The molecule has 2 rings (SSSR count). The van der Waals surface area contributed by atoms with E-state index in [1.807, 2.05) is 6.07 Å². The number of ether oxygens (including phenoxy) is 1. The normalized spacial score (nSPS) is 19.0. The van der Waals surface area contributed by atoms with Gasteiger partial charge in [-0.3, -0.25) is 0 Å². The van der Waals surface area contributed by atoms with Crippen LogP contribution in [-0.4, -0.2) is 22.8 Å². The highest BCUT2D eigenvalue weighted by atomic mass is 79.9. The molecule has 0 radical (unpaired) electrons. The van der Waals surface area contributed by atoms with Crippen LogP contribution in [0.5, 0.6) is 0 Å². The summed E-state index contributed by atoms with van der Waals surface area (Å²) in [5.74, 6) is 1.06. The van der Waals surface area contributed by atoms with Gasteiger partial charge in [-0.1, -0.05) is 72.6 Å². The first-order chi connectivity index (χ1) is 11.8. The monoisotopic (exact) mass is 391 g/mol. The molecule has 24 heavy (non-hydrogen) atoms. The van der Waals surface area contributed by atoms with Crippen molar-refractivity contribution >= 4 is 15.9 Å². The molecule has 0 aliphatic carbocycles. The summed E-state index contributed by atoms with van der Waals surface area (Å²) in [6.07, 6.45) is 10.4. The summed E-state index contributed by atoms with van der Waals surface area (Å²) in [7, 11) is 0. The van der Waals surface area contributed by atoms with Crippen molar-refractivity contribution in [2.24, 2.45) is 0 Å². The van der Waals surface area contributed by atoms with E-state index >= 15 is 0 Å². The van der Waals surface area contributed by atoms with Crippen LogP contribution < -0.4 is 0 Å². The van der Waals surface area contributed by atoms with Gasteiger partial charge in [-0.25, -0.2) is 0 Å². The molecular weight excluding hydrogens is 362 g/mol. The summed E-state index contributed by atoms with van der Waals surface area (Å²) in [6, 6.07) is 10.9. The fourth-order valence-corrected chi connectivity index (χ4v) is 3.82. The topological polar surface area (TPSA) is 12.5 Å². The summed E-state index contributed by atoms with van der Waals surface area (Å²) in [5.41, 5.74) is 2.71. The molecule has 132 valence electrons. The van der Waals surface area contributed by atoms with Gasteiger partial charge in [0.25, 0.3) is 0 Å². The van der Waals surface area contributed by atoms with Crippen molar-refractivity contribution in [2.45, 2.75) is 58.6 Å². The maximum absolute atomic E-state index is 6.26. The third-order valence-corrected chi connectivity index (χ3v) is 5.07. The number of hydrogen-bond acceptors (Lipinski definition) is 2. The highest BCUT2D eigenvalue weighted by Crippen LogP contribution is 2.30. The van der Waals surface area contributed by atoms with E-state index in [4.69, 9.17) is 4.74 Å². The second kappa shape index (κ2) is 10.6. The lowest BCUT2D eigenvalue weighted by molar-refractivity contribution is 0.100. The minimum absolute atomic E-state index is 0.475. The Morgan fingerprint density at radius 3 is 2.71 bits per heavy atom. The summed E-state index contributed by atoms with van der Waals surface area (Å²) < 4.78 is 6.26. The molecule has 0 N–H and O–H groups in total. The zero-order valence-corrected chi connectivity index (χ0v) is 16.6. The smallest absolute Gasteiger partial charge is 0.185 e. The Hall–Kier alpha value is -1.22. The van der Waals surface area contributed by atoms with Crippen molar-refractivity contribution in [1.29, 1.82) is 0 Å². The molecule has 1 heterocycles. The molecule has 1 unspecified atom stereocenters. The SMILES string of the molecule is CC/C=C(\CBr)C1CCCN1/C(=C/CCC)OCc1ccccc1. The van der Waals surface area contributed by atoms with Crippen molar-refractivity contribution in [3.8, 4) is 0 Å². The van der Waals surface area contributed by atoms with Crippen LogP contribution in [0.4, 0.5) is 0 Å². The Bertz CT molecular complexity index is 538. The van der Waals surface area contributed by atoms with Gasteiger partial charge in [0, 0.05) is 11.9 Å². The molecule has 0 spiro atoms. The molecule has 1 atom stereocenters. The third kappa shape index (κ3) is 5.41. The van der Waals surface area contributed by atoms with Crippen LogP contribution in [0, 0.1) is 0 Å². The van der Waals surface area contributed by atoms with E-state index in [-0.39, 0.29) is 0 Å². The predicted octanol–water partition coefficient (Wildman–Crippen LogP) is 6.04. The molecule has 0 amide bonds. The van der Waals surface area contributed by atoms with E-state index in [2.05, 4.69) is 71.1 Å². The number of halogens is 1. The average Bonchev–Trinajstić information content (AvgIpc) is 3.10. The van der Waals surface area contributed by atoms with E-state index in [0.717, 1.165) is 37.0 Å². The summed E-state index contributed by atoms with van der Waals surface area (Å²) in [6.45, 7) is 6.15. The van der Waals surface area contributed by atoms with Crippen LogP contribution in [0.25, 0.3) is 0 Å². The highest BCUT2D eigenvalue weighted by molar-refractivity contribution is 9.09. The van der Waals surface area contributed by atoms with Crippen LogP contribution in [0.2, 0.25) is 0 Å². The standard InChI is InChI=1S/C21H30BrNO/c1-3-5-14-21(24-17-18-11-7-6-8-12-18)23-15-9-13-20(23)19(16-22)10-4-2/h6-8,10-12,14,20H,3-5,9,13,15-17H2,1-2H3/b19-10+,21-14-. The number of nitrogens with zero attached hydrogens (tertiary/aromatic N) is 1. The molecule has 1 aliphatic heterocycles. The van der Waals surface area contributed by atoms with Crippen molar-refractivity contribution in [1.82, 2.24) is 4.90 Å². The number of unbranched alkanes of at least 4 members (excludes halogenated alkanes) is 1. The van der Waals surface area contributed by atoms with Gasteiger partial charge in [0.15, 0.2) is 5.88 Å². The summed E-state index contributed by atoms with van der Waals surface area (Å²) in [5, 5.41) is 0.946. The Labute approximate surface area is 155 Å². The van der Waals surface area contributed by atoms with Gasteiger partial charge in [-0.15, -0.1) is 0 Å². The lowest BCUT2D eigenvalue weighted by Gasteiger charge is -2.30. The second-order valence-corrected chi connectivity index (χ2v) is 6.84. The Balaban J connectivity index is 2.12. The number of rotatable bonds is 9. The zero-order valence-electron chi connectivity index (χ0n) is 15.0. The van der Waals surface area contributed by atoms with Crippen LogP contribution in [0.15, 0.2) is 53.9 Å². The van der Waals surface area contributed by atoms with Gasteiger partial charge in [-0.05, 0) is 42.9 Å². The lowest BCUT2D eigenvalue weighted by atomic mass is 10.1. The zero-order chi connectivity index (χ0) is 17.2. The van der Waals surface area contributed by atoms with Crippen LogP contribution in [-0.2, 0) is 11.3 Å². The predicted molar refractivity (Wildman–Crippen MR) is 106 cm³/mol. The molecule has 3 heteroatoms. The van der Waals surface area contributed by atoms with Gasteiger partial charge < -0.3 is 9.64 Å². The molecule has 2 nitrogen and oxygen atoms in total. The quantitative estimate of drug-likeness (QED) is 0.289. The van der Waals surface area contributed by atoms with E-state index in [1.54, 1.807) is 0 Å². The van der Waals surface area contributed by atoms with Gasteiger partial charge >= 0.3 is 0 Å². The largest absolute Gasteiger partial charge is 0.474 e. The van der Waals surface area contributed by atoms with Gasteiger partial charge in [0.2, 0.25) is 0 Å². The lowest BCUT2D eigenvalue weighted by Crippen LogP contribution is -2.32. The van der Waals surface area contributed by atoms with Crippen molar-refractivity contribution in [3.63, 3.8) is 0 Å². The van der Waals surface area contributed by atoms with E-state index < -0.39 is 0 Å².